The molecular formula is C21H20N2O3. The molecule has 0 aromatic heterocycles. The topological polar surface area (TPSA) is 71.4 Å². The quantitative estimate of drug-likeness (QED) is 0.860. The molecule has 0 spiro atoms. The van der Waals surface area contributed by atoms with E-state index in [4.69, 9.17) is 9.47 Å². The smallest absolute Gasteiger partial charge is 0.247 e. The van der Waals surface area contributed by atoms with Crippen molar-refractivity contribution in [3.05, 3.63) is 72.2 Å². The number of ether oxygens (including phenoxy) is 2. The highest BCUT2D eigenvalue weighted by atomic mass is 16.7. The van der Waals surface area contributed by atoms with Gasteiger partial charge in [0.25, 0.3) is 0 Å². The number of carbonyl (C=O) groups excluding carboxylic acids is 1. The third-order valence-corrected chi connectivity index (χ3v) is 4.30. The zero-order valence-electron chi connectivity index (χ0n) is 14.6. The van der Waals surface area contributed by atoms with E-state index in [9.17, 15) is 10.1 Å². The van der Waals surface area contributed by atoms with Crippen molar-refractivity contribution in [1.82, 2.24) is 5.32 Å². The highest BCUT2D eigenvalue weighted by Crippen LogP contribution is 2.25. The van der Waals surface area contributed by atoms with Crippen LogP contribution in [0.25, 0.3) is 11.1 Å². The Morgan fingerprint density at radius 1 is 1.12 bits per heavy atom. The fraction of sp³-hybridized carbons (Fsp3) is 0.238. The molecule has 1 heterocycles. The highest BCUT2D eigenvalue weighted by Gasteiger charge is 2.29. The van der Waals surface area contributed by atoms with Crippen LogP contribution in [0.4, 0.5) is 0 Å². The maximum Gasteiger partial charge on any atom is 0.247 e. The van der Waals surface area contributed by atoms with Crippen LogP contribution in [-0.4, -0.2) is 11.7 Å². The lowest BCUT2D eigenvalue weighted by Crippen LogP contribution is -2.30. The third kappa shape index (κ3) is 4.22. The molecule has 5 nitrogen and oxygen atoms in total. The van der Waals surface area contributed by atoms with Crippen molar-refractivity contribution in [2.24, 2.45) is 0 Å². The average molecular weight is 348 g/mol. The second kappa shape index (κ2) is 7.75. The molecular weight excluding hydrogens is 328 g/mol. The Hall–Kier alpha value is -3.26. The fourth-order valence-electron chi connectivity index (χ4n) is 2.75. The second-order valence-electron chi connectivity index (χ2n) is 6.27. The van der Waals surface area contributed by atoms with Gasteiger partial charge in [-0.25, -0.2) is 0 Å². The summed E-state index contributed by atoms with van der Waals surface area (Å²) in [6.07, 6.45) is 3.79. The van der Waals surface area contributed by atoms with Gasteiger partial charge in [0.2, 0.25) is 11.7 Å². The van der Waals surface area contributed by atoms with Crippen LogP contribution in [0, 0.1) is 11.3 Å². The van der Waals surface area contributed by atoms with Crippen LogP contribution in [-0.2, 0) is 20.8 Å². The van der Waals surface area contributed by atoms with Gasteiger partial charge in [-0.1, -0.05) is 42.5 Å². The molecule has 2 aromatic rings. The number of nitrogens with zero attached hydrogens (tertiary/aromatic N) is 1. The molecule has 1 aliphatic rings. The predicted octanol–water partition coefficient (Wildman–Crippen LogP) is 3.86. The van der Waals surface area contributed by atoms with E-state index in [1.165, 1.54) is 12.5 Å². The first-order chi connectivity index (χ1) is 12.6. The number of hydrogen-bond donors (Lipinski definition) is 1. The lowest BCUT2D eigenvalue weighted by molar-refractivity contribution is -0.140. The van der Waals surface area contributed by atoms with Crippen LogP contribution >= 0.6 is 0 Å². The van der Waals surface area contributed by atoms with E-state index >= 15 is 0 Å². The summed E-state index contributed by atoms with van der Waals surface area (Å²) < 4.78 is 10.6. The molecule has 3 rings (SSSR count). The van der Waals surface area contributed by atoms with Crippen LogP contribution in [0.1, 0.15) is 30.9 Å². The number of amides is 1. The van der Waals surface area contributed by atoms with Gasteiger partial charge in [-0.2, -0.15) is 5.26 Å². The van der Waals surface area contributed by atoms with E-state index in [0.717, 1.165) is 16.7 Å². The SMILES string of the molecule is CC1(CCC(=O)NCc2ccc(-c3ccccc3C#N)cc2)OC=CO1. The maximum absolute atomic E-state index is 12.0. The number of carbonyl (C=O) groups is 1. The number of rotatable bonds is 6. The van der Waals surface area contributed by atoms with Crippen molar-refractivity contribution in [2.75, 3.05) is 0 Å². The summed E-state index contributed by atoms with van der Waals surface area (Å²) in [5.74, 6) is -0.795. The molecule has 0 unspecified atom stereocenters. The van der Waals surface area contributed by atoms with Crippen LogP contribution in [0.3, 0.4) is 0 Å². The van der Waals surface area contributed by atoms with Gasteiger partial charge in [0, 0.05) is 26.3 Å². The third-order valence-electron chi connectivity index (χ3n) is 4.30. The Balaban J connectivity index is 1.53. The standard InChI is InChI=1S/C21H20N2O3/c1-21(25-12-13-26-21)11-10-20(24)23-15-16-6-8-17(9-7-16)19-5-3-2-4-18(19)14-22/h2-9,12-13H,10-11,15H2,1H3,(H,23,24). The normalized spacial score (nSPS) is 14.2. The highest BCUT2D eigenvalue weighted by molar-refractivity contribution is 5.76. The van der Waals surface area contributed by atoms with Crippen molar-refractivity contribution >= 4 is 5.91 Å². The summed E-state index contributed by atoms with van der Waals surface area (Å²) >= 11 is 0. The summed E-state index contributed by atoms with van der Waals surface area (Å²) in [6.45, 7) is 2.26. The number of hydrogen-bond acceptors (Lipinski definition) is 4. The minimum atomic E-state index is -0.743. The van der Waals surface area contributed by atoms with Crippen molar-refractivity contribution in [1.29, 1.82) is 5.26 Å². The van der Waals surface area contributed by atoms with E-state index in [-0.39, 0.29) is 5.91 Å². The predicted molar refractivity (Wildman–Crippen MR) is 97.4 cm³/mol. The monoisotopic (exact) mass is 348 g/mol. The Labute approximate surface area is 152 Å². The van der Waals surface area contributed by atoms with Gasteiger partial charge >= 0.3 is 0 Å². The minimum Gasteiger partial charge on any atom is -0.457 e. The average Bonchev–Trinajstić information content (AvgIpc) is 3.12. The molecule has 0 saturated heterocycles. The molecule has 1 aliphatic heterocycles. The second-order valence-corrected chi connectivity index (χ2v) is 6.27. The zero-order valence-corrected chi connectivity index (χ0v) is 14.6. The van der Waals surface area contributed by atoms with Crippen molar-refractivity contribution in [3.8, 4) is 17.2 Å². The molecule has 0 aliphatic carbocycles. The first kappa shape index (κ1) is 17.6. The minimum absolute atomic E-state index is 0.0516. The fourth-order valence-corrected chi connectivity index (χ4v) is 2.75. The van der Waals surface area contributed by atoms with Crippen LogP contribution < -0.4 is 5.32 Å². The lowest BCUT2D eigenvalue weighted by atomic mass is 9.99. The van der Waals surface area contributed by atoms with Gasteiger partial charge in [-0.15, -0.1) is 0 Å². The zero-order chi connectivity index (χ0) is 18.4. The molecule has 0 fully saturated rings. The van der Waals surface area contributed by atoms with Gasteiger partial charge in [0.1, 0.15) is 12.5 Å². The molecule has 132 valence electrons. The van der Waals surface area contributed by atoms with Gasteiger partial charge in [0.05, 0.1) is 11.6 Å². The molecule has 0 saturated carbocycles. The number of nitrogens with one attached hydrogen (secondary N) is 1. The Morgan fingerprint density at radius 3 is 2.50 bits per heavy atom. The maximum atomic E-state index is 12.0. The molecule has 2 aromatic carbocycles. The Bertz CT molecular complexity index is 842. The van der Waals surface area contributed by atoms with Gasteiger partial charge in [0.15, 0.2) is 0 Å². The van der Waals surface area contributed by atoms with E-state index < -0.39 is 5.79 Å². The summed E-state index contributed by atoms with van der Waals surface area (Å²) in [5.41, 5.74) is 3.53. The van der Waals surface area contributed by atoms with Gasteiger partial charge < -0.3 is 14.8 Å². The first-order valence-electron chi connectivity index (χ1n) is 8.45. The van der Waals surface area contributed by atoms with Crippen molar-refractivity contribution in [3.63, 3.8) is 0 Å². The summed E-state index contributed by atoms with van der Waals surface area (Å²) in [6, 6.07) is 17.5. The number of nitriles is 1. The molecule has 1 amide bonds. The van der Waals surface area contributed by atoms with E-state index in [0.29, 0.717) is 24.9 Å². The van der Waals surface area contributed by atoms with Crippen LogP contribution in [0.2, 0.25) is 0 Å². The van der Waals surface area contributed by atoms with Gasteiger partial charge in [-0.05, 0) is 22.8 Å². The largest absolute Gasteiger partial charge is 0.457 e. The molecule has 0 bridgehead atoms. The molecule has 5 heteroatoms. The molecule has 0 atom stereocenters. The summed E-state index contributed by atoms with van der Waals surface area (Å²) in [7, 11) is 0. The summed E-state index contributed by atoms with van der Waals surface area (Å²) in [5, 5.41) is 12.1. The molecule has 0 radical (unpaired) electrons. The van der Waals surface area contributed by atoms with E-state index in [2.05, 4.69) is 11.4 Å². The van der Waals surface area contributed by atoms with E-state index in [1.807, 2.05) is 42.5 Å². The Kier molecular flexibility index (Phi) is 5.23. The Morgan fingerprint density at radius 2 is 1.81 bits per heavy atom. The van der Waals surface area contributed by atoms with Crippen molar-refractivity contribution in [2.45, 2.75) is 32.1 Å². The van der Waals surface area contributed by atoms with Crippen molar-refractivity contribution < 1.29 is 14.3 Å². The first-order valence-corrected chi connectivity index (χ1v) is 8.45. The molecule has 1 N–H and O–H groups in total. The van der Waals surface area contributed by atoms with Gasteiger partial charge in [-0.3, -0.25) is 4.79 Å². The lowest BCUT2D eigenvalue weighted by Gasteiger charge is -2.22. The van der Waals surface area contributed by atoms with Crippen LogP contribution in [0.5, 0.6) is 0 Å². The summed E-state index contributed by atoms with van der Waals surface area (Å²) in [4.78, 5) is 12.0. The van der Waals surface area contributed by atoms with Crippen LogP contribution in [0.15, 0.2) is 61.1 Å². The molecule has 26 heavy (non-hydrogen) atoms. The van der Waals surface area contributed by atoms with E-state index in [1.54, 1.807) is 13.0 Å². The number of benzene rings is 2.